The second-order valence-corrected chi connectivity index (χ2v) is 7.18. The monoisotopic (exact) mass is 287 g/mol. The molecule has 3 aliphatic rings. The molecule has 0 amide bonds. The third-order valence-corrected chi connectivity index (χ3v) is 5.82. The molecule has 0 aliphatic heterocycles. The zero-order valence-electron chi connectivity index (χ0n) is 13.4. The number of carbonyl (C=O) groups is 1. The predicted molar refractivity (Wildman–Crippen MR) is 87.0 cm³/mol. The van der Waals surface area contributed by atoms with E-state index in [1.807, 2.05) is 0 Å². The third kappa shape index (κ3) is 3.15. The molecular weight excluding hydrogens is 258 g/mol. The number of rotatable bonds is 6. The van der Waals surface area contributed by atoms with E-state index < -0.39 is 0 Å². The molecule has 0 aromatic carbocycles. The maximum atomic E-state index is 11.9. The molecule has 1 unspecified atom stereocenters. The number of Topliss-reactive ketones (excluding diaryl/α,β-unsaturated/α-hetero) is 1. The fraction of sp³-hybridized carbons (Fsp3) is 0.737. The molecule has 0 aromatic heterocycles. The summed E-state index contributed by atoms with van der Waals surface area (Å²) >= 11 is 0. The van der Waals surface area contributed by atoms with E-state index in [0.29, 0.717) is 0 Å². The maximum Gasteiger partial charge on any atom is 0.155 e. The maximum absolute atomic E-state index is 11.9. The van der Waals surface area contributed by atoms with Gasteiger partial charge >= 0.3 is 0 Å². The highest BCUT2D eigenvalue weighted by molar-refractivity contribution is 5.94. The van der Waals surface area contributed by atoms with E-state index in [1.165, 1.54) is 50.5 Å². The van der Waals surface area contributed by atoms with Crippen LogP contribution in [0.3, 0.4) is 0 Å². The summed E-state index contributed by atoms with van der Waals surface area (Å²) < 4.78 is 0. The third-order valence-electron chi connectivity index (χ3n) is 5.82. The topological polar surface area (TPSA) is 43.1 Å². The molecule has 0 radical (unpaired) electrons. The van der Waals surface area contributed by atoms with Gasteiger partial charge < -0.3 is 5.73 Å². The van der Waals surface area contributed by atoms with Gasteiger partial charge in [0.05, 0.1) is 0 Å². The summed E-state index contributed by atoms with van der Waals surface area (Å²) in [6.45, 7) is 1.73. The predicted octanol–water partition coefficient (Wildman–Crippen LogP) is 4.44. The molecule has 0 bridgehead atoms. The fourth-order valence-corrected chi connectivity index (χ4v) is 3.93. The summed E-state index contributed by atoms with van der Waals surface area (Å²) in [4.78, 5) is 11.9. The molecule has 0 heterocycles. The smallest absolute Gasteiger partial charge is 0.155 e. The van der Waals surface area contributed by atoms with E-state index in [1.54, 1.807) is 18.1 Å². The van der Waals surface area contributed by atoms with Crippen molar-refractivity contribution in [1.29, 1.82) is 0 Å². The van der Waals surface area contributed by atoms with E-state index >= 15 is 0 Å². The summed E-state index contributed by atoms with van der Waals surface area (Å²) in [5.41, 5.74) is 12.3. The number of allylic oxidation sites excluding steroid dienone is 3. The second-order valence-electron chi connectivity index (χ2n) is 7.18. The highest BCUT2D eigenvalue weighted by Crippen LogP contribution is 2.42. The van der Waals surface area contributed by atoms with Gasteiger partial charge in [-0.1, -0.05) is 23.1 Å². The van der Waals surface area contributed by atoms with Crippen LogP contribution in [-0.4, -0.2) is 11.8 Å². The molecule has 2 nitrogen and oxygen atoms in total. The Kier molecular flexibility index (Phi) is 4.63. The van der Waals surface area contributed by atoms with Crippen molar-refractivity contribution in [1.82, 2.24) is 0 Å². The zero-order valence-corrected chi connectivity index (χ0v) is 13.4. The minimum Gasteiger partial charge on any atom is -0.324 e. The Hall–Kier alpha value is -0.890. The van der Waals surface area contributed by atoms with Gasteiger partial charge in [-0.3, -0.25) is 4.79 Å². The van der Waals surface area contributed by atoms with Crippen molar-refractivity contribution in [3.8, 4) is 0 Å². The average molecular weight is 287 g/mol. The molecule has 21 heavy (non-hydrogen) atoms. The first kappa shape index (κ1) is 15.0. The lowest BCUT2D eigenvalue weighted by Gasteiger charge is -2.37. The van der Waals surface area contributed by atoms with Crippen LogP contribution in [0.5, 0.6) is 0 Å². The first-order valence-corrected chi connectivity index (χ1v) is 8.86. The van der Waals surface area contributed by atoms with Gasteiger partial charge in [-0.15, -0.1) is 0 Å². The van der Waals surface area contributed by atoms with E-state index in [2.05, 4.69) is 0 Å². The largest absolute Gasteiger partial charge is 0.324 e. The van der Waals surface area contributed by atoms with Gasteiger partial charge in [0.1, 0.15) is 0 Å². The van der Waals surface area contributed by atoms with Crippen LogP contribution in [0.4, 0.5) is 0 Å². The number of nitrogens with two attached hydrogens (primary N) is 1. The van der Waals surface area contributed by atoms with Gasteiger partial charge in [-0.2, -0.15) is 0 Å². The van der Waals surface area contributed by atoms with Gasteiger partial charge in [0.25, 0.3) is 0 Å². The van der Waals surface area contributed by atoms with Crippen molar-refractivity contribution < 1.29 is 4.79 Å². The standard InChI is InChI=1S/C19H29NO/c1-13(21)17(14-5-2-6-14)11-12-18(20)19(15-7-3-8-15)16-9-4-10-16/h15,18H,2-12,20H2,1H3. The van der Waals surface area contributed by atoms with Crippen LogP contribution in [0.15, 0.2) is 22.3 Å². The first-order valence-electron chi connectivity index (χ1n) is 8.86. The SMILES string of the molecule is CC(=O)C(CCC(N)C(=C1CCC1)C1CCC1)=C1CCC1. The Morgan fingerprint density at radius 2 is 1.71 bits per heavy atom. The minimum atomic E-state index is 0.195. The van der Waals surface area contributed by atoms with Crippen LogP contribution in [0, 0.1) is 5.92 Å². The molecule has 3 saturated carbocycles. The molecule has 0 aromatic rings. The lowest BCUT2D eigenvalue weighted by Crippen LogP contribution is -2.33. The molecule has 0 spiro atoms. The van der Waals surface area contributed by atoms with Gasteiger partial charge in [0.2, 0.25) is 0 Å². The number of hydrogen-bond acceptors (Lipinski definition) is 2. The quantitative estimate of drug-likeness (QED) is 0.579. The molecule has 3 fully saturated rings. The fourth-order valence-electron chi connectivity index (χ4n) is 3.93. The second kappa shape index (κ2) is 6.48. The van der Waals surface area contributed by atoms with Crippen molar-refractivity contribution in [3.63, 3.8) is 0 Å². The summed E-state index contributed by atoms with van der Waals surface area (Å²) in [6.07, 6.45) is 13.4. The molecule has 1 atom stereocenters. The van der Waals surface area contributed by atoms with Gasteiger partial charge in [-0.25, -0.2) is 0 Å². The Bertz CT molecular complexity index is 470. The number of ketones is 1. The van der Waals surface area contributed by atoms with Gasteiger partial charge in [-0.05, 0) is 82.6 Å². The minimum absolute atomic E-state index is 0.195. The van der Waals surface area contributed by atoms with Crippen LogP contribution in [-0.2, 0) is 4.79 Å². The summed E-state index contributed by atoms with van der Waals surface area (Å²) in [7, 11) is 0. The van der Waals surface area contributed by atoms with Crippen molar-refractivity contribution >= 4 is 5.78 Å². The number of hydrogen-bond donors (Lipinski definition) is 1. The Morgan fingerprint density at radius 3 is 2.10 bits per heavy atom. The Balaban J connectivity index is 1.64. The lowest BCUT2D eigenvalue weighted by atomic mass is 9.70. The zero-order chi connectivity index (χ0) is 14.8. The molecule has 3 aliphatic carbocycles. The highest BCUT2D eigenvalue weighted by atomic mass is 16.1. The van der Waals surface area contributed by atoms with E-state index in [0.717, 1.165) is 37.2 Å². The van der Waals surface area contributed by atoms with Crippen LogP contribution < -0.4 is 5.73 Å². The summed E-state index contributed by atoms with van der Waals surface area (Å²) in [6, 6.07) is 0.195. The molecule has 2 N–H and O–H groups in total. The molecule has 116 valence electrons. The molecule has 3 rings (SSSR count). The number of carbonyl (C=O) groups excluding carboxylic acids is 1. The van der Waals surface area contributed by atoms with Crippen molar-refractivity contribution in [2.75, 3.05) is 0 Å². The van der Waals surface area contributed by atoms with Crippen molar-refractivity contribution in [2.24, 2.45) is 11.7 Å². The van der Waals surface area contributed by atoms with Gasteiger partial charge in [0, 0.05) is 6.04 Å². The lowest BCUT2D eigenvalue weighted by molar-refractivity contribution is -0.113. The van der Waals surface area contributed by atoms with E-state index in [9.17, 15) is 4.79 Å². The molecule has 2 heteroatoms. The normalized spacial score (nSPS) is 23.0. The highest BCUT2D eigenvalue weighted by Gasteiger charge is 2.30. The first-order chi connectivity index (χ1) is 10.2. The van der Waals surface area contributed by atoms with Gasteiger partial charge in [0.15, 0.2) is 5.78 Å². The summed E-state index contributed by atoms with van der Waals surface area (Å²) in [5, 5.41) is 0. The van der Waals surface area contributed by atoms with Crippen molar-refractivity contribution in [3.05, 3.63) is 22.3 Å². The van der Waals surface area contributed by atoms with E-state index in [-0.39, 0.29) is 11.8 Å². The van der Waals surface area contributed by atoms with Crippen LogP contribution in [0.25, 0.3) is 0 Å². The Labute approximate surface area is 128 Å². The molecular formula is C19H29NO. The average Bonchev–Trinajstić information content (AvgIpc) is 2.25. The van der Waals surface area contributed by atoms with Crippen LogP contribution in [0.2, 0.25) is 0 Å². The van der Waals surface area contributed by atoms with Crippen LogP contribution in [0.1, 0.15) is 77.6 Å². The Morgan fingerprint density at radius 1 is 1.10 bits per heavy atom. The van der Waals surface area contributed by atoms with Crippen molar-refractivity contribution in [2.45, 2.75) is 83.6 Å². The van der Waals surface area contributed by atoms with Crippen LogP contribution >= 0.6 is 0 Å². The summed E-state index contributed by atoms with van der Waals surface area (Å²) in [5.74, 6) is 1.05. The van der Waals surface area contributed by atoms with E-state index in [4.69, 9.17) is 5.73 Å². The molecule has 0 saturated heterocycles.